The highest BCUT2D eigenvalue weighted by Crippen LogP contribution is 2.35. The zero-order valence-corrected chi connectivity index (χ0v) is 16.1. The second-order valence-corrected chi connectivity index (χ2v) is 7.17. The van der Waals surface area contributed by atoms with Gasteiger partial charge in [-0.3, -0.25) is 4.79 Å². The maximum atomic E-state index is 13.0. The van der Waals surface area contributed by atoms with E-state index in [1.54, 1.807) is 0 Å². The Kier molecular flexibility index (Phi) is 6.46. The van der Waals surface area contributed by atoms with Crippen LogP contribution < -0.4 is 5.73 Å². The molecule has 0 spiro atoms. The summed E-state index contributed by atoms with van der Waals surface area (Å²) in [6.45, 7) is 0. The van der Waals surface area contributed by atoms with E-state index < -0.39 is 16.7 Å². The molecule has 27 heavy (non-hydrogen) atoms. The van der Waals surface area contributed by atoms with Crippen LogP contribution in [0.3, 0.4) is 0 Å². The minimum atomic E-state index is -1.20. The molecule has 0 fully saturated rings. The summed E-state index contributed by atoms with van der Waals surface area (Å²) in [5.41, 5.74) is 10.3. The van der Waals surface area contributed by atoms with E-state index >= 15 is 0 Å². The summed E-state index contributed by atoms with van der Waals surface area (Å²) in [7, 11) is 0. The van der Waals surface area contributed by atoms with Crippen LogP contribution in [0.4, 0.5) is 0 Å². The van der Waals surface area contributed by atoms with Gasteiger partial charge in [0.25, 0.3) is 0 Å². The Labute approximate surface area is 169 Å². The number of Topliss-reactive ketones (excluding diaryl/α,β-unsaturated/α-hetero) is 1. The first-order valence-electron chi connectivity index (χ1n) is 8.57. The molecule has 0 aromatic heterocycles. The van der Waals surface area contributed by atoms with Crippen molar-refractivity contribution >= 4 is 34.6 Å². The first-order valence-corrected chi connectivity index (χ1v) is 9.44. The Morgan fingerprint density at radius 1 is 0.704 bits per heavy atom. The zero-order valence-electron chi connectivity index (χ0n) is 14.6. The summed E-state index contributed by atoms with van der Waals surface area (Å²) in [5, 5.41) is 0. The first kappa shape index (κ1) is 19.4. The van der Waals surface area contributed by atoms with Gasteiger partial charge in [-0.1, -0.05) is 114 Å². The summed E-state index contributed by atoms with van der Waals surface area (Å²) in [6, 6.07) is 28.2. The van der Waals surface area contributed by atoms with Crippen LogP contribution in [0, 0.1) is 0 Å². The molecule has 1 atom stereocenters. The van der Waals surface area contributed by atoms with Crippen molar-refractivity contribution in [3.8, 4) is 0 Å². The molecule has 0 heterocycles. The number of rotatable bonds is 6. The summed E-state index contributed by atoms with van der Waals surface area (Å²) >= 11 is 12.0. The molecular formula is C23H19Cl2NO. The van der Waals surface area contributed by atoms with Crippen molar-refractivity contribution in [2.45, 2.75) is 10.9 Å². The molecule has 0 aliphatic heterocycles. The molecule has 0 radical (unpaired) electrons. The van der Waals surface area contributed by atoms with Crippen LogP contribution >= 0.6 is 23.2 Å². The second kappa shape index (κ2) is 9.01. The van der Waals surface area contributed by atoms with Gasteiger partial charge in [0.05, 0.1) is 6.04 Å². The SMILES string of the molecule is NC(C(C(=O)C(Cl)Cl)=C(c1ccccc1)c1ccccc1)c1ccccc1. The maximum absolute atomic E-state index is 13.0. The first-order chi connectivity index (χ1) is 13.1. The van der Waals surface area contributed by atoms with Crippen LogP contribution in [-0.2, 0) is 4.79 Å². The maximum Gasteiger partial charge on any atom is 0.194 e. The number of hydrogen-bond acceptors (Lipinski definition) is 2. The van der Waals surface area contributed by atoms with E-state index in [9.17, 15) is 4.79 Å². The summed E-state index contributed by atoms with van der Waals surface area (Å²) in [6.07, 6.45) is 0. The Hall–Kier alpha value is -2.39. The Morgan fingerprint density at radius 2 is 1.11 bits per heavy atom. The largest absolute Gasteiger partial charge is 0.320 e. The van der Waals surface area contributed by atoms with Gasteiger partial charge in [-0.25, -0.2) is 0 Å². The van der Waals surface area contributed by atoms with E-state index in [4.69, 9.17) is 28.9 Å². The molecule has 3 aromatic rings. The lowest BCUT2D eigenvalue weighted by Gasteiger charge is -2.22. The highest BCUT2D eigenvalue weighted by atomic mass is 35.5. The van der Waals surface area contributed by atoms with Gasteiger partial charge in [0.2, 0.25) is 0 Å². The normalized spacial score (nSPS) is 11.9. The smallest absolute Gasteiger partial charge is 0.194 e. The van der Waals surface area contributed by atoms with Crippen molar-refractivity contribution in [2.75, 3.05) is 0 Å². The fourth-order valence-electron chi connectivity index (χ4n) is 3.06. The van der Waals surface area contributed by atoms with E-state index in [1.807, 2.05) is 91.0 Å². The number of ketones is 1. The molecular weight excluding hydrogens is 377 g/mol. The van der Waals surface area contributed by atoms with E-state index in [1.165, 1.54) is 0 Å². The lowest BCUT2D eigenvalue weighted by Crippen LogP contribution is -2.25. The van der Waals surface area contributed by atoms with Crippen molar-refractivity contribution in [3.63, 3.8) is 0 Å². The number of carbonyl (C=O) groups excluding carboxylic acids is 1. The number of benzene rings is 3. The number of halogens is 2. The van der Waals surface area contributed by atoms with E-state index in [-0.39, 0.29) is 0 Å². The van der Waals surface area contributed by atoms with Crippen LogP contribution in [0.2, 0.25) is 0 Å². The molecule has 4 heteroatoms. The van der Waals surface area contributed by atoms with E-state index in [0.717, 1.165) is 22.3 Å². The van der Waals surface area contributed by atoms with Crippen LogP contribution in [0.15, 0.2) is 96.6 Å². The second-order valence-electron chi connectivity index (χ2n) is 6.07. The standard InChI is InChI=1S/C23H19Cl2NO/c24-23(25)22(27)20(21(26)18-14-8-3-9-15-18)19(16-10-4-1-5-11-16)17-12-6-2-7-13-17/h1-15,21,23H,26H2. The van der Waals surface area contributed by atoms with Gasteiger partial charge in [0.1, 0.15) is 0 Å². The Morgan fingerprint density at radius 3 is 1.52 bits per heavy atom. The van der Waals surface area contributed by atoms with Gasteiger partial charge in [0.15, 0.2) is 10.6 Å². The van der Waals surface area contributed by atoms with E-state index in [2.05, 4.69) is 0 Å². The van der Waals surface area contributed by atoms with Crippen LogP contribution in [0.5, 0.6) is 0 Å². The van der Waals surface area contributed by atoms with Crippen molar-refractivity contribution in [2.24, 2.45) is 5.73 Å². The van der Waals surface area contributed by atoms with Crippen molar-refractivity contribution in [3.05, 3.63) is 113 Å². The number of carbonyl (C=O) groups is 1. The molecule has 0 saturated heterocycles. The Balaban J connectivity index is 2.31. The summed E-state index contributed by atoms with van der Waals surface area (Å²) in [4.78, 5) is 11.8. The average molecular weight is 396 g/mol. The van der Waals surface area contributed by atoms with Gasteiger partial charge >= 0.3 is 0 Å². The van der Waals surface area contributed by atoms with Crippen molar-refractivity contribution in [1.82, 2.24) is 0 Å². The van der Waals surface area contributed by atoms with Crippen LogP contribution in [-0.4, -0.2) is 10.6 Å². The minimum absolute atomic E-state index is 0.391. The fourth-order valence-corrected chi connectivity index (χ4v) is 3.30. The number of alkyl halides is 2. The summed E-state index contributed by atoms with van der Waals surface area (Å²) in [5.74, 6) is -0.391. The van der Waals surface area contributed by atoms with Gasteiger partial charge in [0, 0.05) is 5.57 Å². The lowest BCUT2D eigenvalue weighted by molar-refractivity contribution is -0.114. The average Bonchev–Trinajstić information content (AvgIpc) is 2.73. The van der Waals surface area contributed by atoms with Gasteiger partial charge in [-0.2, -0.15) is 0 Å². The van der Waals surface area contributed by atoms with Gasteiger partial charge in [-0.15, -0.1) is 0 Å². The molecule has 3 rings (SSSR count). The van der Waals surface area contributed by atoms with Crippen molar-refractivity contribution < 1.29 is 4.79 Å². The van der Waals surface area contributed by atoms with E-state index in [0.29, 0.717) is 5.57 Å². The number of hydrogen-bond donors (Lipinski definition) is 1. The van der Waals surface area contributed by atoms with Crippen LogP contribution in [0.25, 0.3) is 5.57 Å². The molecule has 1 unspecified atom stereocenters. The highest BCUT2D eigenvalue weighted by Gasteiger charge is 2.28. The quantitative estimate of drug-likeness (QED) is 0.438. The predicted molar refractivity (Wildman–Crippen MR) is 113 cm³/mol. The molecule has 0 amide bonds. The predicted octanol–water partition coefficient (Wildman–Crippen LogP) is 5.56. The molecule has 0 aliphatic rings. The number of nitrogens with two attached hydrogens (primary N) is 1. The Bertz CT molecular complexity index is 881. The molecule has 2 N–H and O–H groups in total. The third-order valence-electron chi connectivity index (χ3n) is 4.33. The topological polar surface area (TPSA) is 43.1 Å². The fraction of sp³-hybridized carbons (Fsp3) is 0.0870. The molecule has 3 aromatic carbocycles. The molecule has 2 nitrogen and oxygen atoms in total. The summed E-state index contributed by atoms with van der Waals surface area (Å²) < 4.78 is 0. The van der Waals surface area contributed by atoms with Gasteiger partial charge in [-0.05, 0) is 22.3 Å². The molecule has 0 bridgehead atoms. The molecule has 136 valence electrons. The monoisotopic (exact) mass is 395 g/mol. The molecule has 0 aliphatic carbocycles. The third-order valence-corrected chi connectivity index (χ3v) is 4.72. The third kappa shape index (κ3) is 4.48. The zero-order chi connectivity index (χ0) is 19.2. The van der Waals surface area contributed by atoms with Gasteiger partial charge < -0.3 is 5.73 Å². The molecule has 0 saturated carbocycles. The lowest BCUT2D eigenvalue weighted by atomic mass is 9.85. The highest BCUT2D eigenvalue weighted by molar-refractivity contribution is 6.55. The van der Waals surface area contributed by atoms with Crippen LogP contribution in [0.1, 0.15) is 22.7 Å². The minimum Gasteiger partial charge on any atom is -0.320 e. The van der Waals surface area contributed by atoms with Crippen molar-refractivity contribution in [1.29, 1.82) is 0 Å².